The average Bonchev–Trinajstić information content (AvgIpc) is 2.81. The number of hydrogen-bond acceptors (Lipinski definition) is 3. The lowest BCUT2D eigenvalue weighted by atomic mass is 10.1. The molecule has 102 valence electrons. The Kier molecular flexibility index (Phi) is 4.58. The molecule has 1 aliphatic rings. The molecule has 1 amide bonds. The maximum atomic E-state index is 11.8. The van der Waals surface area contributed by atoms with Crippen molar-refractivity contribution in [1.29, 1.82) is 0 Å². The van der Waals surface area contributed by atoms with Gasteiger partial charge in [-0.1, -0.05) is 24.3 Å². The molecule has 0 aromatic heterocycles. The van der Waals surface area contributed by atoms with Crippen molar-refractivity contribution >= 4 is 5.91 Å². The summed E-state index contributed by atoms with van der Waals surface area (Å²) in [6, 6.07) is 7.87. The van der Waals surface area contributed by atoms with Gasteiger partial charge in [-0.3, -0.25) is 4.79 Å². The minimum absolute atomic E-state index is 0.0132. The van der Waals surface area contributed by atoms with E-state index in [2.05, 4.69) is 5.32 Å². The van der Waals surface area contributed by atoms with E-state index in [1.807, 2.05) is 43.3 Å². The molecular weight excluding hydrogens is 240 g/mol. The predicted molar refractivity (Wildman–Crippen MR) is 74.9 cm³/mol. The zero-order chi connectivity index (χ0) is 13.7. The molecule has 19 heavy (non-hydrogen) atoms. The summed E-state index contributed by atoms with van der Waals surface area (Å²) in [6.07, 6.45) is 4.46. The monoisotopic (exact) mass is 260 g/mol. The number of nitrogens with two attached hydrogens (primary N) is 1. The van der Waals surface area contributed by atoms with Gasteiger partial charge in [-0.25, -0.2) is 0 Å². The first-order valence-electron chi connectivity index (χ1n) is 6.56. The Bertz CT molecular complexity index is 471. The summed E-state index contributed by atoms with van der Waals surface area (Å²) in [7, 11) is 0. The number of hydrogen-bond donors (Lipinski definition) is 2. The molecular formula is C15H20N2O2. The summed E-state index contributed by atoms with van der Waals surface area (Å²) in [4.78, 5) is 11.8. The predicted octanol–water partition coefficient (Wildman–Crippen LogP) is 1.39. The molecule has 4 nitrogen and oxygen atoms in total. The van der Waals surface area contributed by atoms with Gasteiger partial charge in [0.1, 0.15) is 12.4 Å². The highest BCUT2D eigenvalue weighted by molar-refractivity contribution is 5.81. The maximum absolute atomic E-state index is 11.8. The molecule has 1 aromatic rings. The number of ether oxygens (including phenoxy) is 1. The van der Waals surface area contributed by atoms with Gasteiger partial charge >= 0.3 is 0 Å². The zero-order valence-electron chi connectivity index (χ0n) is 11.1. The Morgan fingerprint density at radius 3 is 3.00 bits per heavy atom. The van der Waals surface area contributed by atoms with Gasteiger partial charge in [0.15, 0.2) is 0 Å². The lowest BCUT2D eigenvalue weighted by molar-refractivity contribution is -0.123. The summed E-state index contributed by atoms with van der Waals surface area (Å²) in [5, 5.41) is 2.86. The fourth-order valence-electron chi connectivity index (χ4n) is 2.10. The van der Waals surface area contributed by atoms with Crippen molar-refractivity contribution in [1.82, 2.24) is 5.32 Å². The molecule has 1 aliphatic carbocycles. The standard InChI is InChI=1S/C15H20N2O2/c1-11-3-2-4-14(9-11)19-8-7-17-15(18)12-5-6-13(16)10-12/h2-6,9,12-13H,7-8,10,16H2,1H3,(H,17,18). The number of rotatable bonds is 5. The Morgan fingerprint density at radius 1 is 1.47 bits per heavy atom. The van der Waals surface area contributed by atoms with E-state index < -0.39 is 0 Å². The second-order valence-electron chi connectivity index (χ2n) is 4.85. The number of nitrogens with one attached hydrogen (secondary N) is 1. The summed E-state index contributed by atoms with van der Waals surface area (Å²) in [5.41, 5.74) is 6.88. The Balaban J connectivity index is 1.67. The number of amides is 1. The van der Waals surface area contributed by atoms with Crippen molar-refractivity contribution in [3.63, 3.8) is 0 Å². The second kappa shape index (κ2) is 6.38. The van der Waals surface area contributed by atoms with Crippen LogP contribution >= 0.6 is 0 Å². The van der Waals surface area contributed by atoms with Crippen molar-refractivity contribution in [2.45, 2.75) is 19.4 Å². The van der Waals surface area contributed by atoms with Crippen LogP contribution in [-0.2, 0) is 4.79 Å². The molecule has 0 bridgehead atoms. The highest BCUT2D eigenvalue weighted by Gasteiger charge is 2.21. The molecule has 0 saturated heterocycles. The van der Waals surface area contributed by atoms with Crippen molar-refractivity contribution in [2.24, 2.45) is 11.7 Å². The third-order valence-corrected chi connectivity index (χ3v) is 3.11. The highest BCUT2D eigenvalue weighted by Crippen LogP contribution is 2.16. The van der Waals surface area contributed by atoms with Crippen LogP contribution in [0.25, 0.3) is 0 Å². The molecule has 1 aromatic carbocycles. The van der Waals surface area contributed by atoms with Crippen molar-refractivity contribution in [3.05, 3.63) is 42.0 Å². The summed E-state index contributed by atoms with van der Waals surface area (Å²) in [5.74, 6) is 0.767. The molecule has 2 atom stereocenters. The first kappa shape index (κ1) is 13.6. The van der Waals surface area contributed by atoms with E-state index in [1.165, 1.54) is 0 Å². The SMILES string of the molecule is Cc1cccc(OCCNC(=O)C2C=CC(N)C2)c1. The topological polar surface area (TPSA) is 64.3 Å². The average molecular weight is 260 g/mol. The Labute approximate surface area is 113 Å². The van der Waals surface area contributed by atoms with Gasteiger partial charge in [-0.2, -0.15) is 0 Å². The fourth-order valence-corrected chi connectivity index (χ4v) is 2.10. The second-order valence-corrected chi connectivity index (χ2v) is 4.85. The van der Waals surface area contributed by atoms with Crippen molar-refractivity contribution < 1.29 is 9.53 Å². The van der Waals surface area contributed by atoms with Gasteiger partial charge < -0.3 is 15.8 Å². The quantitative estimate of drug-likeness (QED) is 0.621. The van der Waals surface area contributed by atoms with Crippen molar-refractivity contribution in [2.75, 3.05) is 13.2 Å². The molecule has 2 unspecified atom stereocenters. The van der Waals surface area contributed by atoms with E-state index in [-0.39, 0.29) is 17.9 Å². The van der Waals surface area contributed by atoms with E-state index in [9.17, 15) is 4.79 Å². The minimum Gasteiger partial charge on any atom is -0.492 e. The van der Waals surface area contributed by atoms with E-state index >= 15 is 0 Å². The molecule has 4 heteroatoms. The van der Waals surface area contributed by atoms with Gasteiger partial charge in [0, 0.05) is 6.04 Å². The third-order valence-electron chi connectivity index (χ3n) is 3.11. The van der Waals surface area contributed by atoms with E-state index in [0.29, 0.717) is 19.6 Å². The highest BCUT2D eigenvalue weighted by atomic mass is 16.5. The van der Waals surface area contributed by atoms with E-state index in [1.54, 1.807) is 0 Å². The van der Waals surface area contributed by atoms with Crippen LogP contribution in [0.3, 0.4) is 0 Å². The lowest BCUT2D eigenvalue weighted by Gasteiger charge is -2.11. The molecule has 0 spiro atoms. The van der Waals surface area contributed by atoms with E-state index in [0.717, 1.165) is 11.3 Å². The molecule has 3 N–H and O–H groups in total. The van der Waals surface area contributed by atoms with Gasteiger partial charge in [-0.15, -0.1) is 0 Å². The fraction of sp³-hybridized carbons (Fsp3) is 0.400. The minimum atomic E-state index is -0.0889. The lowest BCUT2D eigenvalue weighted by Crippen LogP contribution is -2.33. The summed E-state index contributed by atoms with van der Waals surface area (Å²) < 4.78 is 5.56. The van der Waals surface area contributed by atoms with Gasteiger partial charge in [0.25, 0.3) is 0 Å². The molecule has 0 saturated carbocycles. The smallest absolute Gasteiger partial charge is 0.227 e. The number of carbonyl (C=O) groups excluding carboxylic acids is 1. The van der Waals surface area contributed by atoms with Crippen LogP contribution in [-0.4, -0.2) is 25.1 Å². The Morgan fingerprint density at radius 2 is 2.32 bits per heavy atom. The van der Waals surface area contributed by atoms with Crippen LogP contribution in [0.4, 0.5) is 0 Å². The first-order chi connectivity index (χ1) is 9.15. The maximum Gasteiger partial charge on any atom is 0.227 e. The zero-order valence-corrected chi connectivity index (χ0v) is 11.1. The van der Waals surface area contributed by atoms with Gasteiger partial charge in [0.05, 0.1) is 12.5 Å². The molecule has 0 radical (unpaired) electrons. The van der Waals surface area contributed by atoms with E-state index in [4.69, 9.17) is 10.5 Å². The van der Waals surface area contributed by atoms with Crippen LogP contribution in [0, 0.1) is 12.8 Å². The van der Waals surface area contributed by atoms with Crippen LogP contribution < -0.4 is 15.8 Å². The summed E-state index contributed by atoms with van der Waals surface area (Å²) in [6.45, 7) is 2.99. The van der Waals surface area contributed by atoms with Crippen LogP contribution in [0.2, 0.25) is 0 Å². The van der Waals surface area contributed by atoms with Gasteiger partial charge in [-0.05, 0) is 31.0 Å². The molecule has 0 fully saturated rings. The summed E-state index contributed by atoms with van der Waals surface area (Å²) >= 11 is 0. The molecule has 2 rings (SSSR count). The van der Waals surface area contributed by atoms with Crippen molar-refractivity contribution in [3.8, 4) is 5.75 Å². The number of aryl methyl sites for hydroxylation is 1. The third kappa shape index (κ3) is 4.10. The number of carbonyl (C=O) groups is 1. The number of benzene rings is 1. The molecule has 0 aliphatic heterocycles. The van der Waals surface area contributed by atoms with Crippen LogP contribution in [0.1, 0.15) is 12.0 Å². The largest absolute Gasteiger partial charge is 0.492 e. The van der Waals surface area contributed by atoms with Crippen LogP contribution in [0.15, 0.2) is 36.4 Å². The Hall–Kier alpha value is -1.81. The van der Waals surface area contributed by atoms with Crippen LogP contribution in [0.5, 0.6) is 5.75 Å². The van der Waals surface area contributed by atoms with Gasteiger partial charge in [0.2, 0.25) is 5.91 Å². The normalized spacial score (nSPS) is 21.4. The first-order valence-corrected chi connectivity index (χ1v) is 6.56. The molecule has 0 heterocycles.